The van der Waals surface area contributed by atoms with Gasteiger partial charge in [0.25, 0.3) is 5.56 Å². The third-order valence-corrected chi connectivity index (χ3v) is 6.02. The Morgan fingerprint density at radius 3 is 2.61 bits per heavy atom. The van der Waals surface area contributed by atoms with Crippen LogP contribution in [0.4, 0.5) is 4.39 Å². The minimum Gasteiger partial charge on any atom is -0.463 e. The van der Waals surface area contributed by atoms with Gasteiger partial charge in [-0.3, -0.25) is 14.0 Å². The summed E-state index contributed by atoms with van der Waals surface area (Å²) < 4.78 is 22.4. The number of ether oxygens (including phenoxy) is 1. The topological polar surface area (TPSA) is 78.5 Å². The number of benzene rings is 1. The lowest BCUT2D eigenvalue weighted by atomic mass is 9.96. The molecule has 3 heterocycles. The Morgan fingerprint density at radius 1 is 1.29 bits per heavy atom. The predicted molar refractivity (Wildman–Crippen MR) is 115 cm³/mol. The molecular formula is C22H21FN4O3S. The van der Waals surface area contributed by atoms with E-state index >= 15 is 0 Å². The van der Waals surface area contributed by atoms with Crippen LogP contribution in [0.2, 0.25) is 0 Å². The number of aromatic nitrogens is 3. The van der Waals surface area contributed by atoms with Gasteiger partial charge >= 0.3 is 5.97 Å². The summed E-state index contributed by atoms with van der Waals surface area (Å²) in [6.45, 7) is 5.49. The number of rotatable bonds is 4. The molecule has 0 N–H and O–H groups in total. The van der Waals surface area contributed by atoms with Crippen LogP contribution in [0.5, 0.6) is 0 Å². The van der Waals surface area contributed by atoms with Crippen LogP contribution >= 0.6 is 11.3 Å². The van der Waals surface area contributed by atoms with E-state index in [2.05, 4.69) is 10.1 Å². The van der Waals surface area contributed by atoms with Crippen LogP contribution in [-0.4, -0.2) is 26.9 Å². The van der Waals surface area contributed by atoms with Crippen molar-refractivity contribution in [1.82, 2.24) is 14.3 Å². The molecule has 2 aromatic heterocycles. The number of halogens is 1. The summed E-state index contributed by atoms with van der Waals surface area (Å²) in [5.41, 5.74) is 2.68. The fourth-order valence-electron chi connectivity index (χ4n) is 3.65. The highest BCUT2D eigenvalue weighted by Crippen LogP contribution is 2.30. The van der Waals surface area contributed by atoms with Gasteiger partial charge in [-0.25, -0.2) is 14.2 Å². The zero-order valence-electron chi connectivity index (χ0n) is 17.5. The smallest absolute Gasteiger partial charge is 0.338 e. The molecule has 9 heteroatoms. The van der Waals surface area contributed by atoms with Gasteiger partial charge in [0.2, 0.25) is 0 Å². The molecule has 3 aromatic rings. The molecule has 0 aliphatic carbocycles. The average Bonchev–Trinajstić information content (AvgIpc) is 3.19. The number of hydrogen-bond acceptors (Lipinski definition) is 6. The second kappa shape index (κ2) is 8.07. The molecule has 0 bridgehead atoms. The zero-order chi connectivity index (χ0) is 22.3. The van der Waals surface area contributed by atoms with Crippen molar-refractivity contribution in [3.63, 3.8) is 0 Å². The van der Waals surface area contributed by atoms with Crippen molar-refractivity contribution >= 4 is 23.4 Å². The summed E-state index contributed by atoms with van der Waals surface area (Å²) in [7, 11) is 1.81. The van der Waals surface area contributed by atoms with E-state index in [4.69, 9.17) is 4.74 Å². The van der Waals surface area contributed by atoms with Crippen LogP contribution in [0.25, 0.3) is 6.08 Å². The molecule has 0 saturated heterocycles. The first kappa shape index (κ1) is 20.9. The molecule has 160 valence electrons. The van der Waals surface area contributed by atoms with E-state index in [1.54, 1.807) is 36.7 Å². The molecule has 7 nitrogen and oxygen atoms in total. The quantitative estimate of drug-likeness (QED) is 0.582. The first-order valence-electron chi connectivity index (χ1n) is 9.75. The fourth-order valence-corrected chi connectivity index (χ4v) is 4.69. The maximum absolute atomic E-state index is 13.6. The second-order valence-corrected chi connectivity index (χ2v) is 8.21. The predicted octanol–water partition coefficient (Wildman–Crippen LogP) is 1.98. The third-order valence-electron chi connectivity index (χ3n) is 5.04. The summed E-state index contributed by atoms with van der Waals surface area (Å²) in [6, 6.07) is 5.00. The Balaban J connectivity index is 1.97. The summed E-state index contributed by atoms with van der Waals surface area (Å²) >= 11 is 1.24. The minimum atomic E-state index is -0.756. The number of allylic oxidation sites excluding steroid dienone is 1. The summed E-state index contributed by atoms with van der Waals surface area (Å²) in [5, 5.41) is 4.31. The van der Waals surface area contributed by atoms with Crippen LogP contribution in [0, 0.1) is 12.7 Å². The molecule has 0 radical (unpaired) electrons. The summed E-state index contributed by atoms with van der Waals surface area (Å²) in [4.78, 5) is 31.2. The first-order valence-corrected chi connectivity index (χ1v) is 10.6. The van der Waals surface area contributed by atoms with Crippen LogP contribution in [0.3, 0.4) is 0 Å². The molecule has 1 unspecified atom stereocenters. The summed E-state index contributed by atoms with van der Waals surface area (Å²) in [5.74, 6) is -0.947. The van der Waals surface area contributed by atoms with Crippen molar-refractivity contribution in [2.24, 2.45) is 12.0 Å². The van der Waals surface area contributed by atoms with Gasteiger partial charge in [0, 0.05) is 18.8 Å². The zero-order valence-corrected chi connectivity index (χ0v) is 18.4. The standard InChI is InChI=1S/C22H21FN4O3S/c1-5-30-21(29)18-13(3)24-22-27(19(18)14-6-8-16(23)9-7-14)20(28)17(31-22)10-15-11-26(4)25-12(15)2/h6-11,19H,5H2,1-4H3/b17-10+. The molecule has 1 aliphatic heterocycles. The molecule has 0 saturated carbocycles. The Labute approximate surface area is 181 Å². The maximum Gasteiger partial charge on any atom is 0.338 e. The van der Waals surface area contributed by atoms with Crippen LogP contribution in [-0.2, 0) is 16.6 Å². The van der Waals surface area contributed by atoms with Crippen molar-refractivity contribution in [2.45, 2.75) is 26.8 Å². The van der Waals surface area contributed by atoms with Crippen LogP contribution in [0.15, 0.2) is 51.5 Å². The lowest BCUT2D eigenvalue weighted by Gasteiger charge is -2.24. The van der Waals surface area contributed by atoms with E-state index in [-0.39, 0.29) is 17.7 Å². The van der Waals surface area contributed by atoms with Crippen molar-refractivity contribution in [2.75, 3.05) is 6.61 Å². The van der Waals surface area contributed by atoms with E-state index < -0.39 is 17.8 Å². The molecule has 0 spiro atoms. The van der Waals surface area contributed by atoms with Gasteiger partial charge < -0.3 is 4.74 Å². The summed E-state index contributed by atoms with van der Waals surface area (Å²) in [6.07, 6.45) is 3.61. The second-order valence-electron chi connectivity index (χ2n) is 7.20. The van der Waals surface area contributed by atoms with Crippen LogP contribution in [0.1, 0.15) is 36.7 Å². The van der Waals surface area contributed by atoms with E-state index in [1.807, 2.05) is 20.2 Å². The highest BCUT2D eigenvalue weighted by atomic mass is 32.1. The van der Waals surface area contributed by atoms with E-state index in [1.165, 1.54) is 28.0 Å². The highest BCUT2D eigenvalue weighted by Gasteiger charge is 2.33. The number of carbonyl (C=O) groups is 1. The molecule has 1 aliphatic rings. The number of nitrogens with zero attached hydrogens (tertiary/aromatic N) is 4. The highest BCUT2D eigenvalue weighted by molar-refractivity contribution is 7.07. The van der Waals surface area contributed by atoms with Crippen molar-refractivity contribution in [1.29, 1.82) is 0 Å². The monoisotopic (exact) mass is 440 g/mol. The van der Waals surface area contributed by atoms with Gasteiger partial charge in [-0.15, -0.1) is 0 Å². The third kappa shape index (κ3) is 3.76. The van der Waals surface area contributed by atoms with Crippen LogP contribution < -0.4 is 14.9 Å². The van der Waals surface area contributed by atoms with Gasteiger partial charge in [0.1, 0.15) is 5.82 Å². The maximum atomic E-state index is 13.6. The van der Waals surface area contributed by atoms with Crippen molar-refractivity contribution in [3.05, 3.63) is 84.1 Å². The van der Waals surface area contributed by atoms with Gasteiger partial charge in [0.15, 0.2) is 4.80 Å². The normalized spacial score (nSPS) is 16.3. The van der Waals surface area contributed by atoms with Crippen molar-refractivity contribution in [3.8, 4) is 0 Å². The van der Waals surface area contributed by atoms with E-state index in [0.29, 0.717) is 20.6 Å². The number of thiazole rings is 1. The van der Waals surface area contributed by atoms with E-state index in [0.717, 1.165) is 11.3 Å². The van der Waals surface area contributed by atoms with E-state index in [9.17, 15) is 14.0 Å². The molecule has 31 heavy (non-hydrogen) atoms. The Hall–Kier alpha value is -3.33. The number of esters is 1. The number of aryl methyl sites for hydroxylation is 2. The number of hydrogen-bond donors (Lipinski definition) is 0. The molecule has 0 fully saturated rings. The fraction of sp³-hybridized carbons (Fsp3) is 0.273. The molecule has 1 aromatic carbocycles. The lowest BCUT2D eigenvalue weighted by molar-refractivity contribution is -0.139. The largest absolute Gasteiger partial charge is 0.463 e. The molecular weight excluding hydrogens is 419 g/mol. The van der Waals surface area contributed by atoms with Gasteiger partial charge in [-0.2, -0.15) is 5.10 Å². The SMILES string of the molecule is CCOC(=O)C1=C(C)N=c2s/c(=C/c3cn(C)nc3C)c(=O)n2C1c1ccc(F)cc1. The Kier molecular flexibility index (Phi) is 5.45. The molecule has 1 atom stereocenters. The first-order chi connectivity index (χ1) is 14.8. The molecule has 0 amide bonds. The average molecular weight is 441 g/mol. The van der Waals surface area contributed by atoms with Crippen molar-refractivity contribution < 1.29 is 13.9 Å². The minimum absolute atomic E-state index is 0.191. The lowest BCUT2D eigenvalue weighted by Crippen LogP contribution is -2.39. The Bertz CT molecular complexity index is 1380. The molecule has 4 rings (SSSR count). The number of fused-ring (bicyclic) bond motifs is 1. The van der Waals surface area contributed by atoms with Gasteiger partial charge in [0.05, 0.1) is 34.1 Å². The number of carbonyl (C=O) groups excluding carboxylic acids is 1. The van der Waals surface area contributed by atoms with Gasteiger partial charge in [-0.05, 0) is 44.5 Å². The Morgan fingerprint density at radius 2 is 2.00 bits per heavy atom. The van der Waals surface area contributed by atoms with Gasteiger partial charge in [-0.1, -0.05) is 23.5 Å².